The molecule has 1 aromatic carbocycles. The molecule has 5 heteroatoms. The number of rotatable bonds is 4. The zero-order chi connectivity index (χ0) is 13.0. The van der Waals surface area contributed by atoms with Gasteiger partial charge in [0.15, 0.2) is 0 Å². The van der Waals surface area contributed by atoms with Crippen LogP contribution < -0.4 is 4.74 Å². The molecule has 1 N–H and O–H groups in total. The van der Waals surface area contributed by atoms with Crippen molar-refractivity contribution >= 4 is 5.97 Å². The molecular weight excluding hydrogens is 232 g/mol. The lowest BCUT2D eigenvalue weighted by atomic mass is 10.1. The molecule has 0 aliphatic rings. The summed E-state index contributed by atoms with van der Waals surface area (Å²) in [5, 5.41) is 16.5. The van der Waals surface area contributed by atoms with Crippen molar-refractivity contribution in [1.29, 1.82) is 0 Å². The number of benzene rings is 1. The van der Waals surface area contributed by atoms with Gasteiger partial charge in [-0.05, 0) is 30.7 Å². The Labute approximate surface area is 104 Å². The fraction of sp³-hybridized carbons (Fsp3) is 0.154. The lowest BCUT2D eigenvalue weighted by molar-refractivity contribution is -0.136. The number of aliphatic carboxylic acids is 1. The first-order chi connectivity index (χ1) is 8.63. The molecule has 0 aliphatic heterocycles. The molecular formula is C13H12N2O3. The number of carboxylic acids is 1. The first kappa shape index (κ1) is 12.0. The van der Waals surface area contributed by atoms with Crippen LogP contribution in [0.2, 0.25) is 0 Å². The Morgan fingerprint density at radius 1 is 1.28 bits per heavy atom. The average Bonchev–Trinajstić information content (AvgIpc) is 2.32. The van der Waals surface area contributed by atoms with Crippen molar-refractivity contribution in [2.75, 3.05) is 0 Å². The molecule has 0 bridgehead atoms. The normalized spacial score (nSPS) is 10.1. The molecule has 2 aromatic rings. The Hall–Kier alpha value is -2.43. The second kappa shape index (κ2) is 5.27. The van der Waals surface area contributed by atoms with Crippen molar-refractivity contribution in [2.24, 2.45) is 0 Å². The van der Waals surface area contributed by atoms with E-state index in [2.05, 4.69) is 10.2 Å². The molecule has 0 saturated heterocycles. The van der Waals surface area contributed by atoms with E-state index in [9.17, 15) is 4.79 Å². The molecule has 1 heterocycles. The molecule has 1 aromatic heterocycles. The molecule has 0 spiro atoms. The van der Waals surface area contributed by atoms with Gasteiger partial charge in [-0.1, -0.05) is 12.1 Å². The molecule has 0 unspecified atom stereocenters. The highest BCUT2D eigenvalue weighted by Gasteiger charge is 2.03. The molecule has 18 heavy (non-hydrogen) atoms. The first-order valence-corrected chi connectivity index (χ1v) is 5.42. The Bertz CT molecular complexity index is 552. The summed E-state index contributed by atoms with van der Waals surface area (Å²) in [6.45, 7) is 1.84. The molecule has 0 saturated carbocycles. The van der Waals surface area contributed by atoms with Gasteiger partial charge in [0, 0.05) is 6.07 Å². The summed E-state index contributed by atoms with van der Waals surface area (Å²) in [4.78, 5) is 10.6. The summed E-state index contributed by atoms with van der Waals surface area (Å²) in [5.74, 6) is 0.0576. The molecule has 92 valence electrons. The van der Waals surface area contributed by atoms with Crippen LogP contribution in [0.3, 0.4) is 0 Å². The summed E-state index contributed by atoms with van der Waals surface area (Å²) in [7, 11) is 0. The number of carboxylic acid groups (broad SMARTS) is 1. The van der Waals surface area contributed by atoms with Crippen LogP contribution in [0.5, 0.6) is 11.6 Å². The van der Waals surface area contributed by atoms with Gasteiger partial charge < -0.3 is 9.84 Å². The third-order valence-corrected chi connectivity index (χ3v) is 2.25. The molecule has 0 radical (unpaired) electrons. The van der Waals surface area contributed by atoms with Gasteiger partial charge in [-0.2, -0.15) is 5.10 Å². The Kier molecular flexibility index (Phi) is 3.52. The zero-order valence-electron chi connectivity index (χ0n) is 9.83. The van der Waals surface area contributed by atoms with E-state index in [0.717, 1.165) is 5.69 Å². The third kappa shape index (κ3) is 3.28. The van der Waals surface area contributed by atoms with Gasteiger partial charge in [0.1, 0.15) is 5.75 Å². The van der Waals surface area contributed by atoms with Crippen LogP contribution in [0.1, 0.15) is 11.3 Å². The van der Waals surface area contributed by atoms with Gasteiger partial charge in [-0.25, -0.2) is 0 Å². The van der Waals surface area contributed by atoms with Gasteiger partial charge in [0.25, 0.3) is 0 Å². The first-order valence-electron chi connectivity index (χ1n) is 5.42. The highest BCUT2D eigenvalue weighted by Crippen LogP contribution is 2.20. The van der Waals surface area contributed by atoms with Crippen LogP contribution in [0.4, 0.5) is 0 Å². The second-order valence-electron chi connectivity index (χ2n) is 3.83. The van der Waals surface area contributed by atoms with Gasteiger partial charge >= 0.3 is 5.97 Å². The predicted octanol–water partition coefficient (Wildman–Crippen LogP) is 2.20. The van der Waals surface area contributed by atoms with E-state index in [1.54, 1.807) is 36.4 Å². The smallest absolute Gasteiger partial charge is 0.307 e. The largest absolute Gasteiger partial charge is 0.481 e. The Morgan fingerprint density at radius 2 is 2.11 bits per heavy atom. The lowest BCUT2D eigenvalue weighted by Crippen LogP contribution is -2.00. The van der Waals surface area contributed by atoms with E-state index >= 15 is 0 Å². The summed E-state index contributed by atoms with van der Waals surface area (Å²) in [6, 6.07) is 10.4. The van der Waals surface area contributed by atoms with Crippen LogP contribution in [0, 0.1) is 6.92 Å². The molecule has 0 atom stereocenters. The molecule has 0 aliphatic carbocycles. The number of aromatic nitrogens is 2. The van der Waals surface area contributed by atoms with Crippen LogP contribution in [0.15, 0.2) is 36.4 Å². The van der Waals surface area contributed by atoms with Crippen molar-refractivity contribution in [3.63, 3.8) is 0 Å². The highest BCUT2D eigenvalue weighted by atomic mass is 16.5. The van der Waals surface area contributed by atoms with Crippen molar-refractivity contribution in [1.82, 2.24) is 10.2 Å². The number of carbonyl (C=O) groups is 1. The minimum Gasteiger partial charge on any atom is -0.481 e. The van der Waals surface area contributed by atoms with Gasteiger partial charge in [-0.3, -0.25) is 4.79 Å². The monoisotopic (exact) mass is 244 g/mol. The highest BCUT2D eigenvalue weighted by molar-refractivity contribution is 5.70. The Balaban J connectivity index is 2.13. The lowest BCUT2D eigenvalue weighted by Gasteiger charge is -2.05. The maximum absolute atomic E-state index is 10.6. The quantitative estimate of drug-likeness (QED) is 0.892. The van der Waals surface area contributed by atoms with Crippen LogP contribution in [-0.2, 0) is 11.2 Å². The van der Waals surface area contributed by atoms with Crippen LogP contribution in [-0.4, -0.2) is 21.3 Å². The number of hydrogen-bond donors (Lipinski definition) is 1. The molecule has 5 nitrogen and oxygen atoms in total. The SMILES string of the molecule is Cc1ccc(Oc2cccc(CC(=O)O)c2)nn1. The Morgan fingerprint density at radius 3 is 2.78 bits per heavy atom. The fourth-order valence-electron chi connectivity index (χ4n) is 1.46. The second-order valence-corrected chi connectivity index (χ2v) is 3.83. The van der Waals surface area contributed by atoms with E-state index in [-0.39, 0.29) is 6.42 Å². The van der Waals surface area contributed by atoms with Crippen molar-refractivity contribution in [3.8, 4) is 11.6 Å². The van der Waals surface area contributed by atoms with Crippen LogP contribution >= 0.6 is 0 Å². The topological polar surface area (TPSA) is 72.3 Å². The van der Waals surface area contributed by atoms with E-state index in [1.165, 1.54) is 0 Å². The summed E-state index contributed by atoms with van der Waals surface area (Å²) < 4.78 is 5.49. The number of aryl methyl sites for hydroxylation is 1. The zero-order valence-corrected chi connectivity index (χ0v) is 9.83. The van der Waals surface area contributed by atoms with E-state index < -0.39 is 5.97 Å². The summed E-state index contributed by atoms with van der Waals surface area (Å²) in [5.41, 5.74) is 1.49. The van der Waals surface area contributed by atoms with E-state index in [0.29, 0.717) is 17.2 Å². The van der Waals surface area contributed by atoms with Gasteiger partial charge in [-0.15, -0.1) is 5.10 Å². The van der Waals surface area contributed by atoms with E-state index in [4.69, 9.17) is 9.84 Å². The van der Waals surface area contributed by atoms with Crippen molar-refractivity contribution in [3.05, 3.63) is 47.7 Å². The number of hydrogen-bond acceptors (Lipinski definition) is 4. The number of ether oxygens (including phenoxy) is 1. The number of nitrogens with zero attached hydrogens (tertiary/aromatic N) is 2. The molecule has 0 fully saturated rings. The van der Waals surface area contributed by atoms with Crippen molar-refractivity contribution < 1.29 is 14.6 Å². The van der Waals surface area contributed by atoms with Gasteiger partial charge in [0.2, 0.25) is 5.88 Å². The summed E-state index contributed by atoms with van der Waals surface area (Å²) >= 11 is 0. The maximum Gasteiger partial charge on any atom is 0.307 e. The van der Waals surface area contributed by atoms with Crippen molar-refractivity contribution in [2.45, 2.75) is 13.3 Å². The predicted molar refractivity (Wildman–Crippen MR) is 64.6 cm³/mol. The maximum atomic E-state index is 10.6. The molecule has 0 amide bonds. The van der Waals surface area contributed by atoms with Gasteiger partial charge in [0.05, 0.1) is 12.1 Å². The fourth-order valence-corrected chi connectivity index (χ4v) is 1.46. The van der Waals surface area contributed by atoms with E-state index in [1.807, 2.05) is 6.92 Å². The standard InChI is InChI=1S/C13H12N2O3/c1-9-5-6-12(15-14-9)18-11-4-2-3-10(7-11)8-13(16)17/h2-7H,8H2,1H3,(H,16,17). The average molecular weight is 244 g/mol. The van der Waals surface area contributed by atoms with Crippen LogP contribution in [0.25, 0.3) is 0 Å². The minimum absolute atomic E-state index is 0.0310. The summed E-state index contributed by atoms with van der Waals surface area (Å²) in [6.07, 6.45) is -0.0310. The third-order valence-electron chi connectivity index (χ3n) is 2.25. The minimum atomic E-state index is -0.873. The molecule has 2 rings (SSSR count).